The first-order valence-corrected chi connectivity index (χ1v) is 10.8. The van der Waals surface area contributed by atoms with Crippen LogP contribution in [0.15, 0.2) is 67.8 Å². The SMILES string of the molecule is C=CC(C)(C)C=Cc1ccc(OC(C(O)c2ccc(O)c(OC)c2)C(C)(C)C=C)c(OC)c1. The van der Waals surface area contributed by atoms with Gasteiger partial charge in [-0.05, 0) is 35.4 Å². The van der Waals surface area contributed by atoms with Gasteiger partial charge in [0, 0.05) is 10.8 Å². The van der Waals surface area contributed by atoms with Crippen molar-refractivity contribution in [3.05, 3.63) is 78.9 Å². The normalized spacial score (nSPS) is 13.9. The number of aromatic hydroxyl groups is 1. The predicted octanol–water partition coefficient (Wildman–Crippen LogP) is 6.33. The molecule has 0 amide bonds. The van der Waals surface area contributed by atoms with Crippen molar-refractivity contribution in [3.63, 3.8) is 0 Å². The second-order valence-corrected chi connectivity index (χ2v) is 9.21. The number of aliphatic hydroxyl groups excluding tert-OH is 1. The average Bonchev–Trinajstić information content (AvgIpc) is 2.81. The summed E-state index contributed by atoms with van der Waals surface area (Å²) in [5, 5.41) is 21.2. The Morgan fingerprint density at radius 3 is 2.12 bits per heavy atom. The summed E-state index contributed by atoms with van der Waals surface area (Å²) in [6, 6.07) is 10.4. The van der Waals surface area contributed by atoms with Crippen molar-refractivity contribution in [2.24, 2.45) is 10.8 Å². The molecule has 2 unspecified atom stereocenters. The van der Waals surface area contributed by atoms with Crippen LogP contribution in [0.5, 0.6) is 23.0 Å². The number of ether oxygens (including phenoxy) is 3. The van der Waals surface area contributed by atoms with Gasteiger partial charge in [-0.3, -0.25) is 0 Å². The lowest BCUT2D eigenvalue weighted by Gasteiger charge is -2.36. The summed E-state index contributed by atoms with van der Waals surface area (Å²) in [6.07, 6.45) is 6.00. The van der Waals surface area contributed by atoms with Crippen molar-refractivity contribution in [3.8, 4) is 23.0 Å². The first kappa shape index (κ1) is 26.1. The first-order chi connectivity index (χ1) is 15.5. The number of allylic oxidation sites excluding steroid dienone is 2. The number of hydrogen-bond donors (Lipinski definition) is 2. The minimum absolute atomic E-state index is 0.00107. The molecule has 178 valence electrons. The van der Waals surface area contributed by atoms with Gasteiger partial charge in [-0.25, -0.2) is 0 Å². The van der Waals surface area contributed by atoms with Crippen molar-refractivity contribution < 1.29 is 24.4 Å². The second kappa shape index (κ2) is 10.6. The number of rotatable bonds is 11. The van der Waals surface area contributed by atoms with Crippen LogP contribution in [0.1, 0.15) is 44.9 Å². The van der Waals surface area contributed by atoms with Gasteiger partial charge in [0.2, 0.25) is 0 Å². The molecule has 0 saturated heterocycles. The monoisotopic (exact) mass is 452 g/mol. The van der Waals surface area contributed by atoms with Crippen LogP contribution in [0.4, 0.5) is 0 Å². The van der Waals surface area contributed by atoms with Gasteiger partial charge < -0.3 is 24.4 Å². The molecule has 33 heavy (non-hydrogen) atoms. The van der Waals surface area contributed by atoms with Crippen LogP contribution >= 0.6 is 0 Å². The minimum atomic E-state index is -1.02. The maximum absolute atomic E-state index is 11.3. The fourth-order valence-electron chi connectivity index (χ4n) is 3.19. The largest absolute Gasteiger partial charge is 0.504 e. The number of hydrogen-bond acceptors (Lipinski definition) is 5. The molecule has 0 spiro atoms. The Kier molecular flexibility index (Phi) is 8.39. The van der Waals surface area contributed by atoms with Gasteiger partial charge in [-0.15, -0.1) is 13.2 Å². The zero-order valence-corrected chi connectivity index (χ0v) is 20.5. The van der Waals surface area contributed by atoms with E-state index in [1.807, 2.05) is 44.2 Å². The van der Waals surface area contributed by atoms with Crippen molar-refractivity contribution in [1.29, 1.82) is 0 Å². The Morgan fingerprint density at radius 1 is 0.879 bits per heavy atom. The van der Waals surface area contributed by atoms with E-state index < -0.39 is 17.6 Å². The molecule has 0 radical (unpaired) electrons. The van der Waals surface area contributed by atoms with Crippen LogP contribution in [0, 0.1) is 10.8 Å². The van der Waals surface area contributed by atoms with E-state index >= 15 is 0 Å². The molecule has 2 rings (SSSR count). The van der Waals surface area contributed by atoms with Crippen molar-refractivity contribution >= 4 is 6.08 Å². The summed E-state index contributed by atoms with van der Waals surface area (Å²) in [4.78, 5) is 0. The van der Waals surface area contributed by atoms with E-state index in [2.05, 4.69) is 33.1 Å². The van der Waals surface area contributed by atoms with E-state index in [0.29, 0.717) is 17.1 Å². The first-order valence-electron chi connectivity index (χ1n) is 10.8. The number of phenols is 1. The standard InChI is InChI=1S/C28H36O5/c1-9-27(3,4)16-15-19-11-14-22(24(17-19)32-8)33-26(28(5,6)10-2)25(30)20-12-13-21(29)23(18-20)31-7/h9-18,25-26,29-30H,1-2H2,3-8H3. The van der Waals surface area contributed by atoms with E-state index in [1.165, 1.54) is 13.2 Å². The predicted molar refractivity (Wildman–Crippen MR) is 134 cm³/mol. The van der Waals surface area contributed by atoms with Crippen LogP contribution in [0.2, 0.25) is 0 Å². The summed E-state index contributed by atoms with van der Waals surface area (Å²) >= 11 is 0. The lowest BCUT2D eigenvalue weighted by atomic mass is 9.81. The zero-order valence-electron chi connectivity index (χ0n) is 20.5. The van der Waals surface area contributed by atoms with Crippen molar-refractivity contribution in [2.75, 3.05) is 14.2 Å². The van der Waals surface area contributed by atoms with E-state index in [-0.39, 0.29) is 16.9 Å². The smallest absolute Gasteiger partial charge is 0.161 e. The van der Waals surface area contributed by atoms with Gasteiger partial charge >= 0.3 is 0 Å². The van der Waals surface area contributed by atoms with Gasteiger partial charge in [0.1, 0.15) is 12.2 Å². The number of aliphatic hydroxyl groups is 1. The highest BCUT2D eigenvalue weighted by Crippen LogP contribution is 2.40. The van der Waals surface area contributed by atoms with Crippen molar-refractivity contribution in [1.82, 2.24) is 0 Å². The molecule has 0 heterocycles. The van der Waals surface area contributed by atoms with Crippen LogP contribution in [0.3, 0.4) is 0 Å². The molecule has 0 saturated carbocycles. The summed E-state index contributed by atoms with van der Waals surface area (Å²) in [7, 11) is 3.04. The molecule has 0 aliphatic rings. The molecule has 0 aliphatic heterocycles. The quantitative estimate of drug-likeness (QED) is 0.390. The molecule has 0 aromatic heterocycles. The van der Waals surface area contributed by atoms with Gasteiger partial charge in [0.25, 0.3) is 0 Å². The maximum Gasteiger partial charge on any atom is 0.161 e. The third kappa shape index (κ3) is 6.42. The Hall–Kier alpha value is -3.18. The van der Waals surface area contributed by atoms with Crippen LogP contribution in [0.25, 0.3) is 6.08 Å². The van der Waals surface area contributed by atoms with E-state index in [1.54, 1.807) is 25.3 Å². The highest BCUT2D eigenvalue weighted by Gasteiger charge is 2.36. The maximum atomic E-state index is 11.3. The molecular formula is C28H36O5. The van der Waals surface area contributed by atoms with Crippen LogP contribution < -0.4 is 14.2 Å². The summed E-state index contributed by atoms with van der Waals surface area (Å²) in [5.74, 6) is 1.33. The van der Waals surface area contributed by atoms with E-state index in [4.69, 9.17) is 14.2 Å². The summed E-state index contributed by atoms with van der Waals surface area (Å²) < 4.78 is 17.1. The molecule has 2 atom stereocenters. The Balaban J connectivity index is 2.43. The molecule has 0 bridgehead atoms. The number of methoxy groups -OCH3 is 2. The Labute approximate surface area is 197 Å². The average molecular weight is 453 g/mol. The fourth-order valence-corrected chi connectivity index (χ4v) is 3.19. The minimum Gasteiger partial charge on any atom is -0.504 e. The van der Waals surface area contributed by atoms with Gasteiger partial charge in [-0.2, -0.15) is 0 Å². The van der Waals surface area contributed by atoms with Crippen molar-refractivity contribution in [2.45, 2.75) is 39.9 Å². The van der Waals surface area contributed by atoms with Crippen LogP contribution in [-0.2, 0) is 0 Å². The third-order valence-corrected chi connectivity index (χ3v) is 5.76. The lowest BCUT2D eigenvalue weighted by Crippen LogP contribution is -2.38. The highest BCUT2D eigenvalue weighted by molar-refractivity contribution is 5.57. The fraction of sp³-hybridized carbons (Fsp3) is 0.357. The van der Waals surface area contributed by atoms with Crippen LogP contribution in [-0.4, -0.2) is 30.5 Å². The number of benzene rings is 2. The molecule has 5 nitrogen and oxygen atoms in total. The summed E-state index contributed by atoms with van der Waals surface area (Å²) in [5.41, 5.74) is 0.783. The molecule has 2 aromatic rings. The third-order valence-electron chi connectivity index (χ3n) is 5.76. The Morgan fingerprint density at radius 2 is 1.55 bits per heavy atom. The summed E-state index contributed by atoms with van der Waals surface area (Å²) in [6.45, 7) is 15.8. The van der Waals surface area contributed by atoms with Gasteiger partial charge in [-0.1, -0.05) is 64.1 Å². The Bertz CT molecular complexity index is 1000. The topological polar surface area (TPSA) is 68.2 Å². The highest BCUT2D eigenvalue weighted by atomic mass is 16.5. The molecule has 0 aliphatic carbocycles. The lowest BCUT2D eigenvalue weighted by molar-refractivity contribution is -0.0186. The molecule has 0 fully saturated rings. The zero-order chi connectivity index (χ0) is 24.8. The molecule has 2 N–H and O–H groups in total. The molecule has 2 aromatic carbocycles. The van der Waals surface area contributed by atoms with Gasteiger partial charge in [0.15, 0.2) is 23.0 Å². The molecule has 5 heteroatoms. The van der Waals surface area contributed by atoms with Gasteiger partial charge in [0.05, 0.1) is 14.2 Å². The number of phenolic OH excluding ortho intramolecular Hbond substituents is 1. The van der Waals surface area contributed by atoms with E-state index in [9.17, 15) is 10.2 Å². The van der Waals surface area contributed by atoms with E-state index in [0.717, 1.165) is 5.56 Å². The second-order valence-electron chi connectivity index (χ2n) is 9.21. The molecular weight excluding hydrogens is 416 g/mol.